The van der Waals surface area contributed by atoms with E-state index in [9.17, 15) is 13.2 Å². The summed E-state index contributed by atoms with van der Waals surface area (Å²) in [5, 5.41) is 3.43. The largest absolute Gasteiger partial charge is 0.467 e. The molecule has 10 nitrogen and oxygen atoms in total. The predicted molar refractivity (Wildman–Crippen MR) is 96.2 cm³/mol. The number of hydrogen-bond donors (Lipinski definition) is 2. The van der Waals surface area contributed by atoms with E-state index in [0.29, 0.717) is 5.39 Å². The van der Waals surface area contributed by atoms with Crippen LogP contribution in [0.25, 0.3) is 10.8 Å². The number of nitrogens with zero attached hydrogens (tertiary/aromatic N) is 3. The molecule has 2 amide bonds. The van der Waals surface area contributed by atoms with Crippen molar-refractivity contribution >= 4 is 32.8 Å². The molecular weight excluding hydrogens is 374 g/mol. The molecule has 1 heterocycles. The van der Waals surface area contributed by atoms with E-state index >= 15 is 0 Å². The molecule has 0 aliphatic heterocycles. The molecule has 3 rings (SSSR count). The highest BCUT2D eigenvalue weighted by atomic mass is 32.2. The lowest BCUT2D eigenvalue weighted by molar-refractivity contribution is 0.256. The van der Waals surface area contributed by atoms with Crippen molar-refractivity contribution in [3.63, 3.8) is 0 Å². The van der Waals surface area contributed by atoms with Gasteiger partial charge in [0.25, 0.3) is 10.0 Å². The molecule has 0 atom stereocenters. The summed E-state index contributed by atoms with van der Waals surface area (Å²) >= 11 is 0. The average molecular weight is 389 g/mol. The number of rotatable bonds is 5. The second-order valence-corrected chi connectivity index (χ2v) is 6.82. The molecular formula is C16H15N5O5S. The van der Waals surface area contributed by atoms with Crippen molar-refractivity contribution in [3.05, 3.63) is 42.5 Å². The number of fused-ring (bicyclic) bond motifs is 1. The fourth-order valence-electron chi connectivity index (χ4n) is 2.31. The van der Waals surface area contributed by atoms with Crippen molar-refractivity contribution in [2.75, 3.05) is 19.5 Å². The highest BCUT2D eigenvalue weighted by Crippen LogP contribution is 2.22. The average Bonchev–Trinajstić information content (AvgIpc) is 2.66. The molecule has 0 spiro atoms. The van der Waals surface area contributed by atoms with Crippen molar-refractivity contribution in [2.24, 2.45) is 0 Å². The molecule has 0 aliphatic rings. The zero-order valence-corrected chi connectivity index (χ0v) is 15.1. The highest BCUT2D eigenvalue weighted by Gasteiger charge is 2.21. The summed E-state index contributed by atoms with van der Waals surface area (Å²) in [4.78, 5) is 23.5. The summed E-state index contributed by atoms with van der Waals surface area (Å²) in [6.07, 6.45) is 0. The summed E-state index contributed by atoms with van der Waals surface area (Å²) < 4.78 is 36.9. The van der Waals surface area contributed by atoms with Gasteiger partial charge in [-0.25, -0.2) is 17.9 Å². The molecule has 0 aliphatic carbocycles. The van der Waals surface area contributed by atoms with Gasteiger partial charge in [0.2, 0.25) is 5.95 Å². The Morgan fingerprint density at radius 1 is 0.926 bits per heavy atom. The topological polar surface area (TPSA) is 132 Å². The summed E-state index contributed by atoms with van der Waals surface area (Å²) in [6.45, 7) is 0. The number of aromatic nitrogens is 3. The Bertz CT molecular complexity index is 1080. The van der Waals surface area contributed by atoms with E-state index < -0.39 is 16.1 Å². The van der Waals surface area contributed by atoms with Crippen LogP contribution < -0.4 is 19.5 Å². The van der Waals surface area contributed by atoms with Crippen LogP contribution in [-0.4, -0.2) is 43.6 Å². The first-order valence-corrected chi connectivity index (χ1v) is 9.07. The third-order valence-corrected chi connectivity index (χ3v) is 4.84. The Labute approximate surface area is 154 Å². The fraction of sp³-hybridized carbons (Fsp3) is 0.125. The fourth-order valence-corrected chi connectivity index (χ4v) is 3.45. The number of nitrogens with one attached hydrogen (secondary N) is 2. The summed E-state index contributed by atoms with van der Waals surface area (Å²) in [5.41, 5.74) is 0. The second kappa shape index (κ2) is 7.41. The Hall–Kier alpha value is -3.47. The molecule has 0 saturated carbocycles. The van der Waals surface area contributed by atoms with E-state index in [4.69, 9.17) is 9.47 Å². The van der Waals surface area contributed by atoms with Gasteiger partial charge in [-0.1, -0.05) is 36.4 Å². The lowest BCUT2D eigenvalue weighted by atomic mass is 10.1. The van der Waals surface area contributed by atoms with Gasteiger partial charge in [0.1, 0.15) is 0 Å². The molecule has 0 bridgehead atoms. The maximum Gasteiger partial charge on any atom is 0.335 e. The molecule has 2 N–H and O–H groups in total. The van der Waals surface area contributed by atoms with Gasteiger partial charge in [0.15, 0.2) is 0 Å². The standard InChI is InChI=1S/C16H15N5O5S/c1-25-15-18-13(19-16(20-15)26-2)17-14(22)21-27(23,24)12-9-5-7-10-6-3-4-8-11(10)12/h3-9H,1-2H3,(H2,17,18,19,20,21,22). The van der Waals surface area contributed by atoms with Gasteiger partial charge in [0, 0.05) is 5.39 Å². The van der Waals surface area contributed by atoms with E-state index in [0.717, 1.165) is 5.39 Å². The summed E-state index contributed by atoms with van der Waals surface area (Å²) in [7, 11) is -1.49. The Balaban J connectivity index is 1.85. The number of anilines is 1. The van der Waals surface area contributed by atoms with Crippen LogP contribution in [-0.2, 0) is 10.0 Å². The van der Waals surface area contributed by atoms with Crippen LogP contribution in [0.4, 0.5) is 10.7 Å². The quantitative estimate of drug-likeness (QED) is 0.672. The van der Waals surface area contributed by atoms with Crippen molar-refractivity contribution in [2.45, 2.75) is 4.90 Å². The van der Waals surface area contributed by atoms with Crippen molar-refractivity contribution < 1.29 is 22.7 Å². The van der Waals surface area contributed by atoms with Crippen LogP contribution in [0.3, 0.4) is 0 Å². The van der Waals surface area contributed by atoms with E-state index in [1.807, 2.05) is 4.72 Å². The van der Waals surface area contributed by atoms with E-state index in [1.165, 1.54) is 20.3 Å². The number of hydrogen-bond acceptors (Lipinski definition) is 8. The molecule has 0 unspecified atom stereocenters. The first-order valence-electron chi connectivity index (χ1n) is 7.58. The lowest BCUT2D eigenvalue weighted by Crippen LogP contribution is -2.35. The smallest absolute Gasteiger partial charge is 0.335 e. The van der Waals surface area contributed by atoms with E-state index in [-0.39, 0.29) is 22.9 Å². The van der Waals surface area contributed by atoms with Crippen molar-refractivity contribution in [3.8, 4) is 12.0 Å². The number of carbonyl (C=O) groups excluding carboxylic acids is 1. The maximum atomic E-state index is 12.6. The number of sulfonamides is 1. The molecule has 0 fully saturated rings. The Morgan fingerprint density at radius 2 is 1.56 bits per heavy atom. The van der Waals surface area contributed by atoms with Crippen LogP contribution in [0.5, 0.6) is 12.0 Å². The van der Waals surface area contributed by atoms with Crippen LogP contribution in [0.15, 0.2) is 47.4 Å². The lowest BCUT2D eigenvalue weighted by Gasteiger charge is -2.10. The number of benzene rings is 2. The van der Waals surface area contributed by atoms with Crippen LogP contribution in [0.1, 0.15) is 0 Å². The minimum Gasteiger partial charge on any atom is -0.467 e. The van der Waals surface area contributed by atoms with Crippen LogP contribution in [0, 0.1) is 0 Å². The number of urea groups is 1. The normalized spacial score (nSPS) is 11.0. The third kappa shape index (κ3) is 4.03. The SMILES string of the molecule is COc1nc(NC(=O)NS(=O)(=O)c2cccc3ccccc23)nc(OC)n1. The van der Waals surface area contributed by atoms with Crippen LogP contribution in [0.2, 0.25) is 0 Å². The highest BCUT2D eigenvalue weighted by molar-refractivity contribution is 7.90. The van der Waals surface area contributed by atoms with Gasteiger partial charge in [-0.3, -0.25) is 5.32 Å². The predicted octanol–water partition coefficient (Wildman–Crippen LogP) is 1.55. The second-order valence-electron chi connectivity index (χ2n) is 5.17. The first kappa shape index (κ1) is 18.3. The Morgan fingerprint density at radius 3 is 2.22 bits per heavy atom. The summed E-state index contributed by atoms with van der Waals surface area (Å²) in [6, 6.07) is 10.5. The van der Waals surface area contributed by atoms with Gasteiger partial charge in [-0.15, -0.1) is 4.98 Å². The number of methoxy groups -OCH3 is 2. The molecule has 3 aromatic rings. The minimum atomic E-state index is -4.13. The molecule has 0 saturated heterocycles. The monoisotopic (exact) mass is 389 g/mol. The van der Waals surface area contributed by atoms with E-state index in [1.54, 1.807) is 36.4 Å². The molecule has 1 aromatic heterocycles. The number of amides is 2. The summed E-state index contributed by atoms with van der Waals surface area (Å²) in [5.74, 6) is -0.232. The van der Waals surface area contributed by atoms with Gasteiger partial charge in [0.05, 0.1) is 19.1 Å². The molecule has 0 radical (unpaired) electrons. The van der Waals surface area contributed by atoms with Gasteiger partial charge in [-0.2, -0.15) is 9.97 Å². The van der Waals surface area contributed by atoms with Gasteiger partial charge in [-0.05, 0) is 11.5 Å². The van der Waals surface area contributed by atoms with Gasteiger partial charge >= 0.3 is 18.1 Å². The maximum absolute atomic E-state index is 12.6. The van der Waals surface area contributed by atoms with Crippen molar-refractivity contribution in [1.29, 1.82) is 0 Å². The molecule has 27 heavy (non-hydrogen) atoms. The molecule has 140 valence electrons. The van der Waals surface area contributed by atoms with Crippen molar-refractivity contribution in [1.82, 2.24) is 19.7 Å². The van der Waals surface area contributed by atoms with Gasteiger partial charge < -0.3 is 9.47 Å². The molecule has 2 aromatic carbocycles. The Kier molecular flexibility index (Phi) is 5.03. The molecule has 11 heteroatoms. The number of ether oxygens (including phenoxy) is 2. The first-order chi connectivity index (χ1) is 12.9. The van der Waals surface area contributed by atoms with Crippen LogP contribution >= 0.6 is 0 Å². The van der Waals surface area contributed by atoms with E-state index in [2.05, 4.69) is 20.3 Å². The minimum absolute atomic E-state index is 0.0263. The number of carbonyl (C=O) groups is 1. The zero-order chi connectivity index (χ0) is 19.4. The third-order valence-electron chi connectivity index (χ3n) is 3.45. The zero-order valence-electron chi connectivity index (χ0n) is 14.3.